The number of fused-ring (bicyclic) bond motifs is 1. The molecule has 2 amide bonds. The number of amides is 2. The maximum absolute atomic E-state index is 12.9. The van der Waals surface area contributed by atoms with Crippen LogP contribution in [0.25, 0.3) is 0 Å². The second-order valence-corrected chi connectivity index (χ2v) is 6.83. The van der Waals surface area contributed by atoms with Gasteiger partial charge in [-0.25, -0.2) is 4.79 Å². The Labute approximate surface area is 182 Å². The van der Waals surface area contributed by atoms with Gasteiger partial charge in [0.2, 0.25) is 0 Å². The molecule has 0 bridgehead atoms. The molecule has 0 fully saturated rings. The van der Waals surface area contributed by atoms with E-state index in [1.54, 1.807) is 12.1 Å². The number of benzene rings is 2. The van der Waals surface area contributed by atoms with Crippen molar-refractivity contribution in [2.45, 2.75) is 26.0 Å². The Morgan fingerprint density at radius 1 is 0.875 bits per heavy atom. The number of ether oxygens (including phenoxy) is 3. The highest BCUT2D eigenvalue weighted by Gasteiger charge is 2.47. The van der Waals surface area contributed by atoms with Crippen LogP contribution in [-0.4, -0.2) is 52.9 Å². The van der Waals surface area contributed by atoms with E-state index in [1.807, 2.05) is 0 Å². The summed E-state index contributed by atoms with van der Waals surface area (Å²) in [5.74, 6) is -4.27. The number of carbonyl (C=O) groups is 5. The molecule has 0 aliphatic carbocycles. The van der Waals surface area contributed by atoms with Gasteiger partial charge in [0.15, 0.2) is 17.5 Å². The Morgan fingerprint density at radius 2 is 1.41 bits per heavy atom. The minimum Gasteiger partial charge on any atom is -0.467 e. The van der Waals surface area contributed by atoms with Gasteiger partial charge in [-0.05, 0) is 29.8 Å². The van der Waals surface area contributed by atoms with Crippen LogP contribution < -0.4 is 9.47 Å². The third kappa shape index (κ3) is 4.21. The molecule has 2 atom stereocenters. The predicted molar refractivity (Wildman–Crippen MR) is 107 cm³/mol. The maximum Gasteiger partial charge on any atom is 0.332 e. The maximum atomic E-state index is 12.9. The van der Waals surface area contributed by atoms with Crippen LogP contribution in [0.4, 0.5) is 0 Å². The summed E-state index contributed by atoms with van der Waals surface area (Å²) in [6, 6.07) is 7.98. The van der Waals surface area contributed by atoms with Crippen molar-refractivity contribution in [2.75, 3.05) is 7.11 Å². The molecule has 1 N–H and O–H groups in total. The number of carbonyl (C=O) groups excluding carboxylic acids is 5. The quantitative estimate of drug-likeness (QED) is 0.401. The van der Waals surface area contributed by atoms with Crippen LogP contribution in [0.2, 0.25) is 0 Å². The largest absolute Gasteiger partial charge is 0.467 e. The molecular formula is C22H19NO9. The molecule has 0 saturated heterocycles. The molecule has 0 saturated carbocycles. The first kappa shape index (κ1) is 22.6. The normalized spacial score (nSPS) is 14.4. The summed E-state index contributed by atoms with van der Waals surface area (Å²) in [6.45, 7) is 2.27. The average molecular weight is 441 g/mol. The molecule has 2 aromatic rings. The second-order valence-electron chi connectivity index (χ2n) is 6.83. The first-order valence-corrected chi connectivity index (χ1v) is 9.39. The van der Waals surface area contributed by atoms with Gasteiger partial charge in [-0.3, -0.25) is 24.1 Å². The zero-order valence-corrected chi connectivity index (χ0v) is 17.4. The lowest BCUT2D eigenvalue weighted by atomic mass is 10.00. The van der Waals surface area contributed by atoms with E-state index in [2.05, 4.69) is 0 Å². The van der Waals surface area contributed by atoms with Gasteiger partial charge in [0.05, 0.1) is 18.2 Å². The molecule has 10 heteroatoms. The molecule has 0 spiro atoms. The number of methoxy groups -OCH3 is 1. The zero-order valence-electron chi connectivity index (χ0n) is 17.4. The van der Waals surface area contributed by atoms with Crippen LogP contribution in [0.3, 0.4) is 0 Å². The van der Waals surface area contributed by atoms with Gasteiger partial charge >= 0.3 is 17.9 Å². The molecule has 1 heterocycles. The van der Waals surface area contributed by atoms with Crippen molar-refractivity contribution in [1.29, 1.82) is 0 Å². The molecule has 0 aromatic heterocycles. The van der Waals surface area contributed by atoms with E-state index >= 15 is 0 Å². The molecule has 0 radical (unpaired) electrons. The molecule has 10 nitrogen and oxygen atoms in total. The minimum absolute atomic E-state index is 0.00380. The van der Waals surface area contributed by atoms with Gasteiger partial charge in [-0.1, -0.05) is 18.2 Å². The Balaban J connectivity index is 2.04. The number of aliphatic hydroxyl groups is 1. The number of imide groups is 1. The van der Waals surface area contributed by atoms with Crippen molar-refractivity contribution in [3.05, 3.63) is 59.2 Å². The molecular weight excluding hydrogens is 422 g/mol. The Hall–Kier alpha value is -4.05. The highest BCUT2D eigenvalue weighted by atomic mass is 16.6. The van der Waals surface area contributed by atoms with Gasteiger partial charge in [-0.2, -0.15) is 0 Å². The Kier molecular flexibility index (Phi) is 6.35. The Morgan fingerprint density at radius 3 is 1.91 bits per heavy atom. The van der Waals surface area contributed by atoms with Gasteiger partial charge in [-0.15, -0.1) is 0 Å². The number of esters is 3. The van der Waals surface area contributed by atoms with E-state index in [0.717, 1.165) is 21.0 Å². The number of hydrogen-bond acceptors (Lipinski definition) is 9. The van der Waals surface area contributed by atoms with Gasteiger partial charge in [0.1, 0.15) is 6.10 Å². The van der Waals surface area contributed by atoms with Crippen LogP contribution >= 0.6 is 0 Å². The lowest BCUT2D eigenvalue weighted by Crippen LogP contribution is -2.49. The number of aliphatic hydroxyl groups excluding tert-OH is 1. The SMILES string of the molecule is COC(=O)[C@H]([C@H](O)c1ccc(OC(C)=O)c(OC(C)=O)c1)N1C(=O)c2ccccc2C1=O. The monoisotopic (exact) mass is 441 g/mol. The van der Waals surface area contributed by atoms with Gasteiger partial charge in [0.25, 0.3) is 11.8 Å². The lowest BCUT2D eigenvalue weighted by molar-refractivity contribution is -0.149. The second kappa shape index (κ2) is 8.98. The van der Waals surface area contributed by atoms with Crippen LogP contribution in [-0.2, 0) is 19.1 Å². The van der Waals surface area contributed by atoms with Crippen LogP contribution in [0, 0.1) is 0 Å². The third-order valence-electron chi connectivity index (χ3n) is 4.66. The van der Waals surface area contributed by atoms with E-state index in [0.29, 0.717) is 4.90 Å². The average Bonchev–Trinajstić information content (AvgIpc) is 2.99. The topological polar surface area (TPSA) is 137 Å². The molecule has 0 unspecified atom stereocenters. The summed E-state index contributed by atoms with van der Waals surface area (Å²) in [5.41, 5.74) is 0.179. The van der Waals surface area contributed by atoms with E-state index in [4.69, 9.17) is 14.2 Å². The number of hydrogen-bond donors (Lipinski definition) is 1. The summed E-state index contributed by atoms with van der Waals surface area (Å²) in [7, 11) is 1.05. The summed E-state index contributed by atoms with van der Waals surface area (Å²) in [5, 5.41) is 11.0. The fourth-order valence-corrected chi connectivity index (χ4v) is 3.32. The van der Waals surface area contributed by atoms with Crippen molar-refractivity contribution in [3.8, 4) is 11.5 Å². The third-order valence-corrected chi connectivity index (χ3v) is 4.66. The van der Waals surface area contributed by atoms with Gasteiger partial charge in [0, 0.05) is 13.8 Å². The molecule has 32 heavy (non-hydrogen) atoms. The minimum atomic E-state index is -1.75. The van der Waals surface area contributed by atoms with Gasteiger partial charge < -0.3 is 19.3 Å². The summed E-state index contributed by atoms with van der Waals surface area (Å²) in [6.07, 6.45) is -1.75. The zero-order chi connectivity index (χ0) is 23.6. The van der Waals surface area contributed by atoms with E-state index in [-0.39, 0.29) is 28.2 Å². The van der Waals surface area contributed by atoms with E-state index < -0.39 is 41.9 Å². The fraction of sp³-hybridized carbons (Fsp3) is 0.227. The van der Waals surface area contributed by atoms with E-state index in [1.165, 1.54) is 30.3 Å². The summed E-state index contributed by atoms with van der Waals surface area (Å²) in [4.78, 5) is 61.6. The lowest BCUT2D eigenvalue weighted by Gasteiger charge is -2.28. The standard InChI is InChI=1S/C22H19NO9/c1-11(24)31-16-9-8-13(10-17(16)32-12(2)25)19(26)18(22(29)30-3)23-20(27)14-6-4-5-7-15(14)21(23)28/h4-10,18-19,26H,1-3H3/t18-,19+/m0/s1. The van der Waals surface area contributed by atoms with Crippen molar-refractivity contribution in [3.63, 3.8) is 0 Å². The van der Waals surface area contributed by atoms with Crippen LogP contribution in [0.1, 0.15) is 46.2 Å². The molecule has 2 aromatic carbocycles. The van der Waals surface area contributed by atoms with Crippen molar-refractivity contribution >= 4 is 29.7 Å². The molecule has 3 rings (SSSR count). The smallest absolute Gasteiger partial charge is 0.332 e. The fourth-order valence-electron chi connectivity index (χ4n) is 3.32. The molecule has 1 aliphatic heterocycles. The van der Waals surface area contributed by atoms with Crippen LogP contribution in [0.5, 0.6) is 11.5 Å². The summed E-state index contributed by atoms with van der Waals surface area (Å²) >= 11 is 0. The Bertz CT molecular complexity index is 1090. The van der Waals surface area contributed by atoms with Crippen molar-refractivity contribution < 1.29 is 43.3 Å². The van der Waals surface area contributed by atoms with E-state index in [9.17, 15) is 29.1 Å². The number of nitrogens with zero attached hydrogens (tertiary/aromatic N) is 1. The molecule has 166 valence electrons. The van der Waals surface area contributed by atoms with Crippen molar-refractivity contribution in [2.24, 2.45) is 0 Å². The first-order chi connectivity index (χ1) is 15.1. The number of rotatable bonds is 6. The highest BCUT2D eigenvalue weighted by Crippen LogP contribution is 2.35. The molecule has 1 aliphatic rings. The van der Waals surface area contributed by atoms with Crippen molar-refractivity contribution in [1.82, 2.24) is 4.90 Å². The summed E-state index contributed by atoms with van der Waals surface area (Å²) < 4.78 is 14.7. The highest BCUT2D eigenvalue weighted by molar-refractivity contribution is 6.22. The first-order valence-electron chi connectivity index (χ1n) is 9.39. The predicted octanol–water partition coefficient (Wildman–Crippen LogP) is 1.41. The van der Waals surface area contributed by atoms with Crippen LogP contribution in [0.15, 0.2) is 42.5 Å².